The van der Waals surface area contributed by atoms with Crippen LogP contribution in [0, 0.1) is 13.8 Å². The van der Waals surface area contributed by atoms with E-state index in [1.165, 1.54) is 39.8 Å². The minimum atomic E-state index is 0.0928. The summed E-state index contributed by atoms with van der Waals surface area (Å²) in [5.41, 5.74) is 3.64. The summed E-state index contributed by atoms with van der Waals surface area (Å²) in [6.07, 6.45) is 0. The highest BCUT2D eigenvalue weighted by atomic mass is 32.2. The van der Waals surface area contributed by atoms with Crippen LogP contribution in [0.15, 0.2) is 22.5 Å². The average molecular weight is 351 g/mol. The van der Waals surface area contributed by atoms with E-state index in [1.54, 1.807) is 4.90 Å². The van der Waals surface area contributed by atoms with E-state index in [0.29, 0.717) is 12.3 Å². The molecule has 1 aromatic heterocycles. The number of hydrogen-bond donors (Lipinski definition) is 1. The fourth-order valence-corrected chi connectivity index (χ4v) is 3.85. The molecule has 0 aliphatic rings. The molecule has 0 radical (unpaired) electrons. The predicted molar refractivity (Wildman–Crippen MR) is 97.2 cm³/mol. The van der Waals surface area contributed by atoms with Crippen LogP contribution in [0.4, 0.5) is 5.13 Å². The molecule has 23 heavy (non-hydrogen) atoms. The number of aryl methyl sites for hydroxylation is 2. The van der Waals surface area contributed by atoms with Crippen LogP contribution in [0.5, 0.6) is 0 Å². The first kappa shape index (κ1) is 17.7. The van der Waals surface area contributed by atoms with Crippen LogP contribution in [0.25, 0.3) is 0 Å². The molecule has 2 aromatic rings. The topological polar surface area (TPSA) is 58.1 Å². The zero-order chi connectivity index (χ0) is 16.8. The third-order valence-corrected chi connectivity index (χ3v) is 5.38. The van der Waals surface area contributed by atoms with Crippen LogP contribution in [0.3, 0.4) is 0 Å². The molecule has 0 spiro atoms. The summed E-state index contributed by atoms with van der Waals surface area (Å²) in [6.45, 7) is 7.62. The smallest absolute Gasteiger partial charge is 0.233 e. The number of thioether (sulfide) groups is 1. The Morgan fingerprint density at radius 1 is 1.35 bits per heavy atom. The van der Waals surface area contributed by atoms with Crippen molar-refractivity contribution >= 4 is 34.1 Å². The first-order valence-electron chi connectivity index (χ1n) is 7.50. The van der Waals surface area contributed by atoms with Crippen molar-refractivity contribution in [3.05, 3.63) is 34.9 Å². The lowest BCUT2D eigenvalue weighted by molar-refractivity contribution is -0.127. The van der Waals surface area contributed by atoms with Crippen LogP contribution in [-0.4, -0.2) is 40.3 Å². The first-order valence-corrected chi connectivity index (χ1v) is 9.30. The van der Waals surface area contributed by atoms with E-state index in [0.717, 1.165) is 16.0 Å². The Kier molecular flexibility index (Phi) is 6.41. The number of carbonyl (C=O) groups excluding carboxylic acids is 1. The Hall–Kier alpha value is -1.60. The predicted octanol–water partition coefficient (Wildman–Crippen LogP) is 3.34. The molecular formula is C16H22N4OS2. The van der Waals surface area contributed by atoms with E-state index < -0.39 is 0 Å². The molecule has 1 heterocycles. The number of hydrogen-bond acceptors (Lipinski definition) is 6. The number of benzene rings is 1. The number of aromatic nitrogens is 2. The van der Waals surface area contributed by atoms with Gasteiger partial charge >= 0.3 is 0 Å². The number of rotatable bonds is 7. The van der Waals surface area contributed by atoms with Gasteiger partial charge in [0, 0.05) is 20.1 Å². The molecule has 0 saturated heterocycles. The van der Waals surface area contributed by atoms with Crippen molar-refractivity contribution < 1.29 is 4.79 Å². The molecule has 0 atom stereocenters. The minimum Gasteiger partial charge on any atom is -0.360 e. The van der Waals surface area contributed by atoms with E-state index in [-0.39, 0.29) is 5.91 Å². The molecule has 0 saturated carbocycles. The molecule has 2 rings (SSSR count). The van der Waals surface area contributed by atoms with Gasteiger partial charge in [-0.25, -0.2) is 0 Å². The zero-order valence-electron chi connectivity index (χ0n) is 13.9. The van der Waals surface area contributed by atoms with Crippen LogP contribution < -0.4 is 5.32 Å². The molecule has 0 unspecified atom stereocenters. The Bertz CT molecular complexity index is 672. The van der Waals surface area contributed by atoms with Gasteiger partial charge in [0.1, 0.15) is 0 Å². The third kappa shape index (κ3) is 5.21. The van der Waals surface area contributed by atoms with E-state index in [2.05, 4.69) is 47.6 Å². The van der Waals surface area contributed by atoms with Gasteiger partial charge in [-0.15, -0.1) is 10.2 Å². The molecule has 7 heteroatoms. The highest BCUT2D eigenvalue weighted by molar-refractivity contribution is 8.01. The maximum absolute atomic E-state index is 12.3. The zero-order valence-corrected chi connectivity index (χ0v) is 15.6. The van der Waals surface area contributed by atoms with Crippen LogP contribution in [0.2, 0.25) is 0 Å². The van der Waals surface area contributed by atoms with Crippen molar-refractivity contribution in [3.63, 3.8) is 0 Å². The number of nitrogens with zero attached hydrogens (tertiary/aromatic N) is 3. The van der Waals surface area contributed by atoms with Crippen molar-refractivity contribution in [3.8, 4) is 0 Å². The molecule has 1 N–H and O–H groups in total. The van der Waals surface area contributed by atoms with Gasteiger partial charge < -0.3 is 10.2 Å². The lowest BCUT2D eigenvalue weighted by Crippen LogP contribution is -2.28. The molecule has 1 aromatic carbocycles. The Morgan fingerprint density at radius 2 is 2.13 bits per heavy atom. The van der Waals surface area contributed by atoms with Gasteiger partial charge in [0.05, 0.1) is 5.75 Å². The molecule has 0 fully saturated rings. The van der Waals surface area contributed by atoms with Gasteiger partial charge in [0.25, 0.3) is 0 Å². The van der Waals surface area contributed by atoms with Crippen LogP contribution >= 0.6 is 23.1 Å². The quantitative estimate of drug-likeness (QED) is 0.776. The van der Waals surface area contributed by atoms with E-state index in [9.17, 15) is 4.79 Å². The normalized spacial score (nSPS) is 10.6. The summed E-state index contributed by atoms with van der Waals surface area (Å²) in [4.78, 5) is 14.0. The number of carbonyl (C=O) groups is 1. The summed E-state index contributed by atoms with van der Waals surface area (Å²) in [5, 5.41) is 12.0. The summed E-state index contributed by atoms with van der Waals surface area (Å²) < 4.78 is 0.814. The SMILES string of the molecule is CCNc1nnc(SCC(=O)N(C)Cc2ccc(C)cc2C)s1. The van der Waals surface area contributed by atoms with Gasteiger partial charge in [-0.3, -0.25) is 4.79 Å². The Balaban J connectivity index is 1.86. The van der Waals surface area contributed by atoms with Gasteiger partial charge in [-0.05, 0) is 31.9 Å². The van der Waals surface area contributed by atoms with E-state index in [1.807, 2.05) is 14.0 Å². The highest BCUT2D eigenvalue weighted by Gasteiger charge is 2.13. The number of nitrogens with one attached hydrogen (secondary N) is 1. The molecule has 1 amide bonds. The maximum atomic E-state index is 12.3. The van der Waals surface area contributed by atoms with Crippen molar-refractivity contribution in [2.24, 2.45) is 0 Å². The summed E-state index contributed by atoms with van der Waals surface area (Å²) >= 11 is 2.91. The number of amides is 1. The minimum absolute atomic E-state index is 0.0928. The molecule has 0 aliphatic carbocycles. The molecule has 0 bridgehead atoms. The van der Waals surface area contributed by atoms with E-state index >= 15 is 0 Å². The fraction of sp³-hybridized carbons (Fsp3) is 0.438. The Morgan fingerprint density at radius 3 is 2.83 bits per heavy atom. The standard InChI is InChI=1S/C16H22N4OS2/c1-5-17-15-18-19-16(23-15)22-10-14(21)20(4)9-13-7-6-11(2)8-12(13)3/h6-8H,5,9-10H2,1-4H3,(H,17,18). The van der Waals surface area contributed by atoms with Gasteiger partial charge in [-0.2, -0.15) is 0 Å². The second-order valence-electron chi connectivity index (χ2n) is 5.37. The van der Waals surface area contributed by atoms with Crippen molar-refractivity contribution in [2.45, 2.75) is 31.7 Å². The van der Waals surface area contributed by atoms with Gasteiger partial charge in [0.15, 0.2) is 4.34 Å². The second-order valence-corrected chi connectivity index (χ2v) is 7.57. The summed E-state index contributed by atoms with van der Waals surface area (Å²) in [7, 11) is 1.84. The van der Waals surface area contributed by atoms with Crippen LogP contribution in [0.1, 0.15) is 23.6 Å². The lowest BCUT2D eigenvalue weighted by Gasteiger charge is -2.18. The van der Waals surface area contributed by atoms with Crippen LogP contribution in [-0.2, 0) is 11.3 Å². The molecule has 5 nitrogen and oxygen atoms in total. The number of anilines is 1. The van der Waals surface area contributed by atoms with Gasteiger partial charge in [0.2, 0.25) is 11.0 Å². The fourth-order valence-electron chi connectivity index (χ4n) is 2.09. The third-order valence-electron chi connectivity index (χ3n) is 3.38. The average Bonchev–Trinajstić information content (AvgIpc) is 2.95. The van der Waals surface area contributed by atoms with Crippen molar-refractivity contribution in [1.82, 2.24) is 15.1 Å². The van der Waals surface area contributed by atoms with Crippen molar-refractivity contribution in [2.75, 3.05) is 24.7 Å². The summed E-state index contributed by atoms with van der Waals surface area (Å²) in [5.74, 6) is 0.470. The van der Waals surface area contributed by atoms with Crippen molar-refractivity contribution in [1.29, 1.82) is 0 Å². The highest BCUT2D eigenvalue weighted by Crippen LogP contribution is 2.25. The molecule has 124 valence electrons. The summed E-state index contributed by atoms with van der Waals surface area (Å²) in [6, 6.07) is 6.32. The maximum Gasteiger partial charge on any atom is 0.233 e. The van der Waals surface area contributed by atoms with Gasteiger partial charge in [-0.1, -0.05) is 46.9 Å². The largest absolute Gasteiger partial charge is 0.360 e. The first-order chi connectivity index (χ1) is 11.0. The molecule has 0 aliphatic heterocycles. The monoisotopic (exact) mass is 350 g/mol. The second kappa shape index (κ2) is 8.31. The lowest BCUT2D eigenvalue weighted by atomic mass is 10.1. The molecular weight excluding hydrogens is 328 g/mol. The Labute approximate surface area is 145 Å². The van der Waals surface area contributed by atoms with E-state index in [4.69, 9.17) is 0 Å².